The molecular weight excluding hydrogens is 420 g/mol. The number of hydrogen-bond acceptors (Lipinski definition) is 6. The minimum Gasteiger partial charge on any atom is -0.371 e. The van der Waals surface area contributed by atoms with Crippen molar-refractivity contribution >= 4 is 17.4 Å². The number of alkyl halides is 3. The lowest BCUT2D eigenvalue weighted by Gasteiger charge is -2.26. The lowest BCUT2D eigenvalue weighted by molar-refractivity contribution is -0.141. The van der Waals surface area contributed by atoms with Crippen molar-refractivity contribution in [3.63, 3.8) is 0 Å². The molecule has 0 radical (unpaired) electrons. The van der Waals surface area contributed by atoms with Gasteiger partial charge in [0, 0.05) is 30.9 Å². The number of aromatic amines is 1. The number of halogens is 4. The highest BCUT2D eigenvalue weighted by Gasteiger charge is 2.34. The number of H-pyrrole nitrogens is 1. The summed E-state index contributed by atoms with van der Waals surface area (Å²) in [6, 6.07) is 4.53. The monoisotopic (exact) mass is 436 g/mol. The molecule has 1 atom stereocenters. The van der Waals surface area contributed by atoms with Gasteiger partial charge in [0.2, 0.25) is 0 Å². The number of carbonyl (C=O) groups is 1. The van der Waals surface area contributed by atoms with Gasteiger partial charge in [0.25, 0.3) is 5.91 Å². The Labute approximate surface area is 173 Å². The molecule has 31 heavy (non-hydrogen) atoms. The van der Waals surface area contributed by atoms with E-state index in [4.69, 9.17) is 4.74 Å². The van der Waals surface area contributed by atoms with Crippen molar-refractivity contribution in [3.05, 3.63) is 65.6 Å². The standard InChI is InChI=1S/C19H16F4N6O2/c20-14-5-12(1-2-13(14)15-9-24-3-4-31-15)29(18(30)11-7-27-28-8-11)17-6-16(19(21,22)23)25-10-26-17/h1-2,5-8,10,15,24H,3-4,9H2,(H,27,28)/t15-/m1/s1. The summed E-state index contributed by atoms with van der Waals surface area (Å²) >= 11 is 0. The third-order valence-electron chi connectivity index (χ3n) is 4.64. The Balaban J connectivity index is 1.76. The molecule has 1 fully saturated rings. The van der Waals surface area contributed by atoms with Gasteiger partial charge < -0.3 is 10.1 Å². The SMILES string of the molecule is O=C(c1cn[nH]c1)N(c1ccc([C@H]2CNCCO2)c(F)c1)c1cc(C(F)(F)F)ncn1. The number of benzene rings is 1. The third kappa shape index (κ3) is 4.39. The molecule has 1 aliphatic heterocycles. The second-order valence-corrected chi connectivity index (χ2v) is 6.66. The summed E-state index contributed by atoms with van der Waals surface area (Å²) in [5.41, 5.74) is -0.925. The van der Waals surface area contributed by atoms with Crippen LogP contribution in [0.4, 0.5) is 29.1 Å². The van der Waals surface area contributed by atoms with Gasteiger partial charge in [-0.3, -0.25) is 14.8 Å². The molecule has 4 rings (SSSR count). The number of hydrogen-bond donors (Lipinski definition) is 2. The van der Waals surface area contributed by atoms with Crippen molar-refractivity contribution in [2.45, 2.75) is 12.3 Å². The molecule has 1 aromatic carbocycles. The van der Waals surface area contributed by atoms with Crippen molar-refractivity contribution in [2.75, 3.05) is 24.6 Å². The number of rotatable bonds is 4. The average Bonchev–Trinajstić information content (AvgIpc) is 3.29. The van der Waals surface area contributed by atoms with E-state index in [0.29, 0.717) is 32.1 Å². The molecule has 0 aliphatic carbocycles. The predicted octanol–water partition coefficient (Wildman–Crippen LogP) is 3.00. The first-order chi connectivity index (χ1) is 14.8. The Morgan fingerprint density at radius 2 is 2.06 bits per heavy atom. The molecule has 8 nitrogen and oxygen atoms in total. The maximum atomic E-state index is 14.9. The first-order valence-electron chi connectivity index (χ1n) is 9.19. The number of anilines is 2. The normalized spacial score (nSPS) is 16.8. The predicted molar refractivity (Wildman–Crippen MR) is 100 cm³/mol. The van der Waals surface area contributed by atoms with Crippen LogP contribution < -0.4 is 10.2 Å². The molecule has 12 heteroatoms. The van der Waals surface area contributed by atoms with Gasteiger partial charge in [-0.2, -0.15) is 18.3 Å². The van der Waals surface area contributed by atoms with Crippen LogP contribution in [0.3, 0.4) is 0 Å². The highest BCUT2D eigenvalue weighted by molar-refractivity contribution is 6.10. The number of nitrogens with zero attached hydrogens (tertiary/aromatic N) is 4. The summed E-state index contributed by atoms with van der Waals surface area (Å²) < 4.78 is 59.9. The van der Waals surface area contributed by atoms with Crippen molar-refractivity contribution in [3.8, 4) is 0 Å². The molecule has 0 saturated carbocycles. The summed E-state index contributed by atoms with van der Waals surface area (Å²) in [6.07, 6.45) is -2.10. The van der Waals surface area contributed by atoms with Crippen LogP contribution in [0.1, 0.15) is 27.7 Å². The third-order valence-corrected chi connectivity index (χ3v) is 4.64. The van der Waals surface area contributed by atoms with Gasteiger partial charge in [-0.05, 0) is 12.1 Å². The second-order valence-electron chi connectivity index (χ2n) is 6.66. The summed E-state index contributed by atoms with van der Waals surface area (Å²) in [5, 5.41) is 9.23. The van der Waals surface area contributed by atoms with E-state index in [1.165, 1.54) is 24.5 Å². The number of ether oxygens (including phenoxy) is 1. The van der Waals surface area contributed by atoms with Gasteiger partial charge in [-0.15, -0.1) is 0 Å². The highest BCUT2D eigenvalue weighted by atomic mass is 19.4. The fourth-order valence-electron chi connectivity index (χ4n) is 3.16. The van der Waals surface area contributed by atoms with Gasteiger partial charge >= 0.3 is 6.18 Å². The van der Waals surface area contributed by atoms with E-state index in [0.717, 1.165) is 11.0 Å². The van der Waals surface area contributed by atoms with Crippen molar-refractivity contribution in [2.24, 2.45) is 0 Å². The van der Waals surface area contributed by atoms with Crippen molar-refractivity contribution in [1.29, 1.82) is 0 Å². The number of nitrogens with one attached hydrogen (secondary N) is 2. The molecule has 0 spiro atoms. The maximum Gasteiger partial charge on any atom is 0.433 e. The molecule has 3 aromatic rings. The summed E-state index contributed by atoms with van der Waals surface area (Å²) in [5.74, 6) is -1.78. The summed E-state index contributed by atoms with van der Waals surface area (Å²) in [7, 11) is 0. The van der Waals surface area contributed by atoms with E-state index >= 15 is 0 Å². The fraction of sp³-hybridized carbons (Fsp3) is 0.263. The smallest absolute Gasteiger partial charge is 0.371 e. The van der Waals surface area contributed by atoms with E-state index < -0.39 is 29.7 Å². The highest BCUT2D eigenvalue weighted by Crippen LogP contribution is 2.33. The van der Waals surface area contributed by atoms with Crippen molar-refractivity contribution in [1.82, 2.24) is 25.5 Å². The number of amides is 1. The number of carbonyl (C=O) groups excluding carboxylic acids is 1. The first-order valence-corrected chi connectivity index (χ1v) is 9.19. The largest absolute Gasteiger partial charge is 0.433 e. The van der Waals surface area contributed by atoms with Gasteiger partial charge in [0.1, 0.15) is 23.7 Å². The van der Waals surface area contributed by atoms with Gasteiger partial charge in [-0.1, -0.05) is 6.07 Å². The van der Waals surface area contributed by atoms with Crippen LogP contribution in [-0.2, 0) is 10.9 Å². The van der Waals surface area contributed by atoms with Gasteiger partial charge in [0.05, 0.1) is 30.2 Å². The Hall–Kier alpha value is -3.38. The van der Waals surface area contributed by atoms with E-state index in [9.17, 15) is 22.4 Å². The van der Waals surface area contributed by atoms with E-state index in [2.05, 4.69) is 25.5 Å². The Morgan fingerprint density at radius 1 is 1.23 bits per heavy atom. The zero-order chi connectivity index (χ0) is 22.0. The van der Waals surface area contributed by atoms with Gasteiger partial charge in [-0.25, -0.2) is 14.4 Å². The summed E-state index contributed by atoms with van der Waals surface area (Å²) in [6.45, 7) is 1.48. The molecule has 0 bridgehead atoms. The lowest BCUT2D eigenvalue weighted by Crippen LogP contribution is -2.34. The fourth-order valence-corrected chi connectivity index (χ4v) is 3.16. The van der Waals surface area contributed by atoms with Crippen LogP contribution in [0.25, 0.3) is 0 Å². The Kier molecular flexibility index (Phi) is 5.65. The average molecular weight is 436 g/mol. The van der Waals surface area contributed by atoms with E-state index in [1.54, 1.807) is 0 Å². The molecule has 2 N–H and O–H groups in total. The van der Waals surface area contributed by atoms with Crippen LogP contribution >= 0.6 is 0 Å². The quantitative estimate of drug-likeness (QED) is 0.611. The minimum atomic E-state index is -4.75. The minimum absolute atomic E-state index is 0.0111. The second kappa shape index (κ2) is 8.40. The molecule has 1 saturated heterocycles. The number of morpholine rings is 1. The van der Waals surface area contributed by atoms with Crippen molar-refractivity contribution < 1.29 is 27.1 Å². The molecule has 1 aliphatic rings. The van der Waals surface area contributed by atoms with Crippen LogP contribution in [0.2, 0.25) is 0 Å². The summed E-state index contributed by atoms with van der Waals surface area (Å²) in [4.78, 5) is 20.9. The van der Waals surface area contributed by atoms with E-state index in [1.807, 2.05) is 0 Å². The van der Waals surface area contributed by atoms with Crippen LogP contribution in [0.5, 0.6) is 0 Å². The molecule has 162 valence electrons. The topological polar surface area (TPSA) is 96.0 Å². The zero-order valence-corrected chi connectivity index (χ0v) is 15.9. The van der Waals surface area contributed by atoms with Crippen LogP contribution in [0.15, 0.2) is 43.0 Å². The lowest BCUT2D eigenvalue weighted by atomic mass is 10.1. The van der Waals surface area contributed by atoms with Crippen LogP contribution in [0, 0.1) is 5.82 Å². The first kappa shape index (κ1) is 20.9. The van der Waals surface area contributed by atoms with Crippen LogP contribution in [-0.4, -0.2) is 45.8 Å². The van der Waals surface area contributed by atoms with Gasteiger partial charge in [0.15, 0.2) is 0 Å². The zero-order valence-electron chi connectivity index (χ0n) is 15.9. The van der Waals surface area contributed by atoms with E-state index in [-0.39, 0.29) is 22.6 Å². The molecule has 1 amide bonds. The molecule has 3 heterocycles. The molecular formula is C19H16F4N6O2. The maximum absolute atomic E-state index is 14.9. The Bertz CT molecular complexity index is 1070. The molecule has 0 unspecified atom stereocenters. The molecule has 2 aromatic heterocycles. The Morgan fingerprint density at radius 3 is 2.71 bits per heavy atom. The number of aromatic nitrogens is 4.